The first-order valence-electron chi connectivity index (χ1n) is 6.49. The zero-order chi connectivity index (χ0) is 14.7. The maximum atomic E-state index is 13.3. The highest BCUT2D eigenvalue weighted by molar-refractivity contribution is 5.51. The molecule has 0 amide bonds. The predicted octanol–water partition coefficient (Wildman–Crippen LogP) is 3.88. The van der Waals surface area contributed by atoms with Crippen LogP contribution in [0.15, 0.2) is 24.5 Å². The Morgan fingerprint density at radius 2 is 2.00 bits per heavy atom. The summed E-state index contributed by atoms with van der Waals surface area (Å²) >= 11 is 0. The minimum absolute atomic E-state index is 0.183. The summed E-state index contributed by atoms with van der Waals surface area (Å²) < 4.78 is 19.1. The molecule has 5 heteroatoms. The molecule has 0 aliphatic heterocycles. The first-order chi connectivity index (χ1) is 9.52. The van der Waals surface area contributed by atoms with Crippen molar-refractivity contribution in [2.24, 2.45) is 0 Å². The van der Waals surface area contributed by atoms with Gasteiger partial charge in [0.05, 0.1) is 5.56 Å². The highest BCUT2D eigenvalue weighted by Gasteiger charge is 2.17. The Hall–Kier alpha value is -2.17. The van der Waals surface area contributed by atoms with Gasteiger partial charge in [-0.15, -0.1) is 0 Å². The number of aromatic nitrogens is 2. The number of hydrogen-bond acceptors (Lipinski definition) is 4. The first kappa shape index (κ1) is 14.2. The summed E-state index contributed by atoms with van der Waals surface area (Å²) in [7, 11) is 1.80. The van der Waals surface area contributed by atoms with Crippen molar-refractivity contribution in [1.82, 2.24) is 9.97 Å². The van der Waals surface area contributed by atoms with Crippen LogP contribution in [0.1, 0.15) is 30.9 Å². The second-order valence-electron chi connectivity index (χ2n) is 4.86. The van der Waals surface area contributed by atoms with Gasteiger partial charge in [-0.2, -0.15) is 0 Å². The fraction of sp³-hybridized carbons (Fsp3) is 0.333. The lowest BCUT2D eigenvalue weighted by molar-refractivity contribution is 0.444. The van der Waals surface area contributed by atoms with Crippen molar-refractivity contribution in [3.05, 3.63) is 41.5 Å². The summed E-state index contributed by atoms with van der Waals surface area (Å²) in [6.45, 7) is 5.93. The predicted molar refractivity (Wildman–Crippen MR) is 76.9 cm³/mol. The number of nitrogens with zero attached hydrogens (tertiary/aromatic N) is 2. The molecule has 1 N–H and O–H groups in total. The summed E-state index contributed by atoms with van der Waals surface area (Å²) in [5, 5.41) is 3.02. The van der Waals surface area contributed by atoms with Gasteiger partial charge in [-0.3, -0.25) is 0 Å². The number of anilines is 1. The molecule has 1 aromatic carbocycles. The molecule has 0 spiro atoms. The van der Waals surface area contributed by atoms with E-state index >= 15 is 0 Å². The monoisotopic (exact) mass is 275 g/mol. The van der Waals surface area contributed by atoms with E-state index in [0.717, 1.165) is 16.9 Å². The summed E-state index contributed by atoms with van der Waals surface area (Å²) in [6, 6.07) is 4.45. The third-order valence-corrected chi connectivity index (χ3v) is 3.02. The molecule has 1 aromatic heterocycles. The van der Waals surface area contributed by atoms with Crippen LogP contribution in [-0.2, 0) is 0 Å². The van der Waals surface area contributed by atoms with Gasteiger partial charge in [-0.1, -0.05) is 19.9 Å². The van der Waals surface area contributed by atoms with Gasteiger partial charge in [0.2, 0.25) is 5.88 Å². The van der Waals surface area contributed by atoms with Crippen LogP contribution >= 0.6 is 0 Å². The van der Waals surface area contributed by atoms with E-state index in [1.54, 1.807) is 13.1 Å². The van der Waals surface area contributed by atoms with Gasteiger partial charge in [0, 0.05) is 13.1 Å². The molecule has 0 aliphatic carbocycles. The van der Waals surface area contributed by atoms with Crippen LogP contribution in [0.3, 0.4) is 0 Å². The van der Waals surface area contributed by atoms with Crippen LogP contribution in [0.2, 0.25) is 0 Å². The maximum Gasteiger partial charge on any atom is 0.227 e. The van der Waals surface area contributed by atoms with E-state index in [9.17, 15) is 4.39 Å². The van der Waals surface area contributed by atoms with E-state index in [0.29, 0.717) is 11.6 Å². The molecule has 0 fully saturated rings. The smallest absolute Gasteiger partial charge is 0.227 e. The Labute approximate surface area is 118 Å². The van der Waals surface area contributed by atoms with Gasteiger partial charge in [0.1, 0.15) is 23.7 Å². The highest BCUT2D eigenvalue weighted by atomic mass is 19.1. The molecule has 0 unspecified atom stereocenters. The van der Waals surface area contributed by atoms with E-state index in [4.69, 9.17) is 4.74 Å². The normalized spacial score (nSPS) is 10.7. The molecule has 20 heavy (non-hydrogen) atoms. The van der Waals surface area contributed by atoms with E-state index in [1.807, 2.05) is 20.8 Å². The van der Waals surface area contributed by atoms with Gasteiger partial charge in [0.15, 0.2) is 0 Å². The number of nitrogens with one attached hydrogen (secondary N) is 1. The Morgan fingerprint density at radius 3 is 2.65 bits per heavy atom. The third kappa shape index (κ3) is 2.87. The molecular formula is C15H18FN3O. The molecule has 0 radical (unpaired) electrons. The fourth-order valence-corrected chi connectivity index (χ4v) is 1.97. The van der Waals surface area contributed by atoms with Gasteiger partial charge >= 0.3 is 0 Å². The second kappa shape index (κ2) is 5.86. The van der Waals surface area contributed by atoms with Crippen molar-refractivity contribution in [3.8, 4) is 11.6 Å². The number of aryl methyl sites for hydroxylation is 1. The quantitative estimate of drug-likeness (QED) is 0.919. The Kier molecular flexibility index (Phi) is 4.17. The highest BCUT2D eigenvalue weighted by Crippen LogP contribution is 2.33. The van der Waals surface area contributed by atoms with Gasteiger partial charge in [-0.05, 0) is 24.5 Å². The van der Waals surface area contributed by atoms with Crippen LogP contribution in [0.5, 0.6) is 11.6 Å². The van der Waals surface area contributed by atoms with E-state index in [1.165, 1.54) is 18.5 Å². The molecule has 2 aromatic rings. The largest absolute Gasteiger partial charge is 0.438 e. The van der Waals surface area contributed by atoms with E-state index in [2.05, 4.69) is 15.3 Å². The molecule has 1 heterocycles. The van der Waals surface area contributed by atoms with Crippen molar-refractivity contribution in [2.75, 3.05) is 12.4 Å². The molecular weight excluding hydrogens is 257 g/mol. The lowest BCUT2D eigenvalue weighted by Gasteiger charge is -2.16. The van der Waals surface area contributed by atoms with Crippen molar-refractivity contribution in [1.29, 1.82) is 0 Å². The molecule has 106 valence electrons. The van der Waals surface area contributed by atoms with Crippen LogP contribution in [0.25, 0.3) is 0 Å². The summed E-state index contributed by atoms with van der Waals surface area (Å²) in [4.78, 5) is 8.36. The van der Waals surface area contributed by atoms with Crippen molar-refractivity contribution in [2.45, 2.75) is 26.7 Å². The zero-order valence-corrected chi connectivity index (χ0v) is 12.1. The number of benzene rings is 1. The number of hydrogen-bond donors (Lipinski definition) is 1. The SMILES string of the molecule is CNc1ncnc(Oc2cc(F)ccc2C)c1C(C)C. The fourth-order valence-electron chi connectivity index (χ4n) is 1.97. The number of ether oxygens (including phenoxy) is 1. The molecule has 0 aliphatic rings. The van der Waals surface area contributed by atoms with Gasteiger partial charge < -0.3 is 10.1 Å². The number of rotatable bonds is 4. The lowest BCUT2D eigenvalue weighted by atomic mass is 10.1. The molecule has 0 saturated carbocycles. The van der Waals surface area contributed by atoms with Crippen LogP contribution in [0.4, 0.5) is 10.2 Å². The molecule has 2 rings (SSSR count). The first-order valence-corrected chi connectivity index (χ1v) is 6.49. The van der Waals surface area contributed by atoms with E-state index in [-0.39, 0.29) is 11.7 Å². The maximum absolute atomic E-state index is 13.3. The van der Waals surface area contributed by atoms with Gasteiger partial charge in [-0.25, -0.2) is 14.4 Å². The molecule has 0 atom stereocenters. The van der Waals surface area contributed by atoms with Crippen molar-refractivity contribution in [3.63, 3.8) is 0 Å². The Morgan fingerprint density at radius 1 is 1.25 bits per heavy atom. The molecule has 4 nitrogen and oxygen atoms in total. The van der Waals surface area contributed by atoms with Crippen LogP contribution < -0.4 is 10.1 Å². The van der Waals surface area contributed by atoms with Crippen LogP contribution in [-0.4, -0.2) is 17.0 Å². The Balaban J connectivity index is 2.45. The second-order valence-corrected chi connectivity index (χ2v) is 4.86. The lowest BCUT2D eigenvalue weighted by Crippen LogP contribution is -2.05. The van der Waals surface area contributed by atoms with Crippen molar-refractivity contribution >= 4 is 5.82 Å². The van der Waals surface area contributed by atoms with Crippen LogP contribution in [0, 0.1) is 12.7 Å². The molecule has 0 bridgehead atoms. The van der Waals surface area contributed by atoms with Crippen molar-refractivity contribution < 1.29 is 9.13 Å². The summed E-state index contributed by atoms with van der Waals surface area (Å²) in [6.07, 6.45) is 1.43. The summed E-state index contributed by atoms with van der Waals surface area (Å²) in [5.74, 6) is 1.49. The third-order valence-electron chi connectivity index (χ3n) is 3.02. The average molecular weight is 275 g/mol. The minimum Gasteiger partial charge on any atom is -0.438 e. The van der Waals surface area contributed by atoms with Gasteiger partial charge in [0.25, 0.3) is 0 Å². The minimum atomic E-state index is -0.334. The summed E-state index contributed by atoms with van der Waals surface area (Å²) in [5.41, 5.74) is 1.73. The number of halogens is 1. The van der Waals surface area contributed by atoms with E-state index < -0.39 is 0 Å². The average Bonchev–Trinajstić information content (AvgIpc) is 2.42. The topological polar surface area (TPSA) is 47.0 Å². The zero-order valence-electron chi connectivity index (χ0n) is 12.1. The molecule has 0 saturated heterocycles. The standard InChI is InChI=1S/C15H18FN3O/c1-9(2)13-14(17-4)18-8-19-15(13)20-12-7-11(16)6-5-10(12)3/h5-9H,1-4H3,(H,17,18,19). The Bertz CT molecular complexity index is 614.